The van der Waals surface area contributed by atoms with Gasteiger partial charge < -0.3 is 20.0 Å². The Hall–Kier alpha value is -2.15. The summed E-state index contributed by atoms with van der Waals surface area (Å²) >= 11 is 0. The number of rotatable bonds is 4. The van der Waals surface area contributed by atoms with Gasteiger partial charge in [-0.3, -0.25) is 4.79 Å². The number of amides is 1. The summed E-state index contributed by atoms with van der Waals surface area (Å²) in [6, 6.07) is -0.753. The van der Waals surface area contributed by atoms with E-state index in [4.69, 9.17) is 4.84 Å². The molecule has 1 amide bonds. The molecule has 0 unspecified atom stereocenters. The second-order valence-corrected chi connectivity index (χ2v) is 11.8. The van der Waals surface area contributed by atoms with E-state index < -0.39 is 17.6 Å². The van der Waals surface area contributed by atoms with Gasteiger partial charge in [0, 0.05) is 12.0 Å². The fourth-order valence-electron chi connectivity index (χ4n) is 8.07. The van der Waals surface area contributed by atoms with Crippen LogP contribution in [0.3, 0.4) is 0 Å². The molecule has 1 aliphatic heterocycles. The highest BCUT2D eigenvalue weighted by Gasteiger charge is 2.62. The van der Waals surface area contributed by atoms with Crippen LogP contribution in [0.2, 0.25) is 0 Å². The number of carboxylic acid groups (broad SMARTS) is 1. The zero-order valence-electron chi connectivity index (χ0n) is 20.6. The van der Waals surface area contributed by atoms with Crippen LogP contribution in [0.25, 0.3) is 0 Å². The summed E-state index contributed by atoms with van der Waals surface area (Å²) in [6.07, 6.45) is 14.0. The van der Waals surface area contributed by atoms with E-state index in [-0.39, 0.29) is 23.3 Å². The SMILES string of the molecule is C[C@]12C=C/C(=N/OCC(=O)N3CCC[C@@H]3C(=O)O)C=C1CC[C@@H]1[C@@H]2CC[C@@]2(C)[C@H]1CC[C@]2(C)O. The van der Waals surface area contributed by atoms with E-state index in [1.54, 1.807) is 0 Å². The van der Waals surface area contributed by atoms with Gasteiger partial charge in [-0.15, -0.1) is 0 Å². The van der Waals surface area contributed by atoms with Gasteiger partial charge in [0.15, 0.2) is 6.61 Å². The smallest absolute Gasteiger partial charge is 0.326 e. The topological polar surface area (TPSA) is 99.4 Å². The van der Waals surface area contributed by atoms with Crippen LogP contribution in [0.1, 0.15) is 72.1 Å². The molecule has 7 atom stereocenters. The first-order valence-electron chi connectivity index (χ1n) is 12.9. The third kappa shape index (κ3) is 3.53. The van der Waals surface area contributed by atoms with Crippen molar-refractivity contribution in [2.75, 3.05) is 13.2 Å². The number of carbonyl (C=O) groups excluding carboxylic acids is 1. The lowest BCUT2D eigenvalue weighted by atomic mass is 9.47. The van der Waals surface area contributed by atoms with Crippen LogP contribution in [0.15, 0.2) is 29.0 Å². The van der Waals surface area contributed by atoms with E-state index in [1.165, 1.54) is 10.5 Å². The van der Waals surface area contributed by atoms with Gasteiger partial charge in [0.05, 0.1) is 5.60 Å². The van der Waals surface area contributed by atoms with E-state index in [0.29, 0.717) is 42.9 Å². The second kappa shape index (κ2) is 8.21. The molecule has 34 heavy (non-hydrogen) atoms. The minimum Gasteiger partial charge on any atom is -0.480 e. The maximum atomic E-state index is 12.4. The number of hydrogen-bond donors (Lipinski definition) is 2. The molecular formula is C27H38N2O5. The van der Waals surface area contributed by atoms with Crippen molar-refractivity contribution in [2.45, 2.75) is 83.8 Å². The van der Waals surface area contributed by atoms with Gasteiger partial charge in [0.2, 0.25) is 0 Å². The number of fused-ring (bicyclic) bond motifs is 5. The first-order chi connectivity index (χ1) is 16.1. The van der Waals surface area contributed by atoms with Crippen molar-refractivity contribution < 1.29 is 24.6 Å². The Bertz CT molecular complexity index is 968. The molecule has 7 heteroatoms. The summed E-state index contributed by atoms with van der Waals surface area (Å²) in [5.74, 6) is 0.496. The van der Waals surface area contributed by atoms with Crippen molar-refractivity contribution in [3.8, 4) is 0 Å². The maximum absolute atomic E-state index is 12.4. The van der Waals surface area contributed by atoms with Crippen LogP contribution in [0.5, 0.6) is 0 Å². The number of likely N-dealkylation sites (tertiary alicyclic amines) is 1. The van der Waals surface area contributed by atoms with Gasteiger partial charge in [-0.2, -0.15) is 0 Å². The molecule has 0 aromatic heterocycles. The molecule has 5 rings (SSSR count). The third-order valence-corrected chi connectivity index (χ3v) is 10.3. The fourth-order valence-corrected chi connectivity index (χ4v) is 8.07. The summed E-state index contributed by atoms with van der Waals surface area (Å²) in [5.41, 5.74) is 1.54. The highest BCUT2D eigenvalue weighted by molar-refractivity contribution is 6.05. The Morgan fingerprint density at radius 3 is 2.68 bits per heavy atom. The Morgan fingerprint density at radius 2 is 1.91 bits per heavy atom. The lowest BCUT2D eigenvalue weighted by molar-refractivity contribution is -0.150. The molecule has 3 saturated carbocycles. The van der Waals surface area contributed by atoms with Crippen LogP contribution in [0.4, 0.5) is 0 Å². The van der Waals surface area contributed by atoms with E-state index in [1.807, 2.05) is 13.0 Å². The number of hydrogen-bond acceptors (Lipinski definition) is 5. The van der Waals surface area contributed by atoms with Gasteiger partial charge >= 0.3 is 5.97 Å². The predicted octanol–water partition coefficient (Wildman–Crippen LogP) is 3.92. The van der Waals surface area contributed by atoms with Crippen LogP contribution < -0.4 is 0 Å². The minimum absolute atomic E-state index is 0.00219. The molecule has 2 N–H and O–H groups in total. The zero-order chi connectivity index (χ0) is 24.3. The number of allylic oxidation sites excluding steroid dienone is 4. The van der Waals surface area contributed by atoms with Crippen molar-refractivity contribution in [1.82, 2.24) is 4.90 Å². The van der Waals surface area contributed by atoms with E-state index in [0.717, 1.165) is 38.5 Å². The number of carbonyl (C=O) groups is 2. The van der Waals surface area contributed by atoms with Crippen LogP contribution >= 0.6 is 0 Å². The maximum Gasteiger partial charge on any atom is 0.326 e. The largest absolute Gasteiger partial charge is 0.480 e. The van der Waals surface area contributed by atoms with Crippen molar-refractivity contribution in [3.63, 3.8) is 0 Å². The molecule has 0 aromatic carbocycles. The lowest BCUT2D eigenvalue weighted by Gasteiger charge is -2.58. The summed E-state index contributed by atoms with van der Waals surface area (Å²) in [6.45, 7) is 6.92. The lowest BCUT2D eigenvalue weighted by Crippen LogP contribution is -2.53. The Kier molecular flexibility index (Phi) is 5.70. The molecule has 0 bridgehead atoms. The monoisotopic (exact) mass is 470 g/mol. The number of oxime groups is 1. The standard InChI is InChI=1S/C27H38N2O5/c1-25-11-8-18(28-34-16-23(30)29-14-4-5-22(29)24(31)32)15-17(25)6-7-19-20(25)9-12-26(2)21(19)10-13-27(26,3)33/h8,11,15,19-22,33H,4-7,9-10,12-14,16H2,1-3H3,(H,31,32)/b28-18-/t19-,20+,21+,22-,25+,26+,27+/m1/s1. The van der Waals surface area contributed by atoms with Gasteiger partial charge in [-0.25, -0.2) is 4.79 Å². The van der Waals surface area contributed by atoms with Crippen LogP contribution in [-0.2, 0) is 14.4 Å². The van der Waals surface area contributed by atoms with Crippen molar-refractivity contribution in [3.05, 3.63) is 23.8 Å². The first kappa shape index (κ1) is 23.6. The normalized spacial score (nSPS) is 44.3. The van der Waals surface area contributed by atoms with E-state index in [2.05, 4.69) is 31.2 Å². The van der Waals surface area contributed by atoms with Crippen molar-refractivity contribution >= 4 is 17.6 Å². The van der Waals surface area contributed by atoms with Crippen molar-refractivity contribution in [1.29, 1.82) is 0 Å². The minimum atomic E-state index is -0.962. The Balaban J connectivity index is 1.25. The first-order valence-corrected chi connectivity index (χ1v) is 12.9. The molecule has 186 valence electrons. The summed E-state index contributed by atoms with van der Waals surface area (Å²) in [5, 5.41) is 24.6. The molecule has 0 radical (unpaired) electrons. The van der Waals surface area contributed by atoms with Crippen LogP contribution in [0, 0.1) is 28.6 Å². The van der Waals surface area contributed by atoms with Gasteiger partial charge in [0.1, 0.15) is 11.8 Å². The number of nitrogens with zero attached hydrogens (tertiary/aromatic N) is 2. The summed E-state index contributed by atoms with van der Waals surface area (Å²) in [4.78, 5) is 30.5. The highest BCUT2D eigenvalue weighted by atomic mass is 16.6. The average Bonchev–Trinajstić information content (AvgIpc) is 3.37. The molecule has 1 heterocycles. The van der Waals surface area contributed by atoms with E-state index in [9.17, 15) is 19.8 Å². The molecule has 1 saturated heterocycles. The fraction of sp³-hybridized carbons (Fsp3) is 0.741. The second-order valence-electron chi connectivity index (χ2n) is 11.8. The molecule has 7 nitrogen and oxygen atoms in total. The molecule has 0 aromatic rings. The van der Waals surface area contributed by atoms with Crippen molar-refractivity contribution in [2.24, 2.45) is 33.7 Å². The molecule has 4 aliphatic carbocycles. The zero-order valence-corrected chi connectivity index (χ0v) is 20.6. The Morgan fingerprint density at radius 1 is 1.15 bits per heavy atom. The van der Waals surface area contributed by atoms with E-state index >= 15 is 0 Å². The Labute approximate surface area is 201 Å². The quantitative estimate of drug-likeness (QED) is 0.607. The highest BCUT2D eigenvalue weighted by Crippen LogP contribution is 2.66. The van der Waals surface area contributed by atoms with Crippen LogP contribution in [-0.4, -0.2) is 57.5 Å². The summed E-state index contributed by atoms with van der Waals surface area (Å²) in [7, 11) is 0. The molecule has 0 spiro atoms. The predicted molar refractivity (Wildman–Crippen MR) is 128 cm³/mol. The molecule has 5 aliphatic rings. The average molecular weight is 471 g/mol. The third-order valence-electron chi connectivity index (χ3n) is 10.3. The molecule has 4 fully saturated rings. The van der Waals surface area contributed by atoms with Gasteiger partial charge in [-0.1, -0.05) is 30.7 Å². The number of carboxylic acids is 1. The van der Waals surface area contributed by atoms with Gasteiger partial charge in [0.25, 0.3) is 5.91 Å². The number of aliphatic carboxylic acids is 1. The molecular weight excluding hydrogens is 432 g/mol. The number of aliphatic hydroxyl groups is 1. The summed E-state index contributed by atoms with van der Waals surface area (Å²) < 4.78 is 0. The van der Waals surface area contributed by atoms with Gasteiger partial charge in [-0.05, 0) is 93.6 Å².